The molecule has 4 rings (SSSR count). The summed E-state index contributed by atoms with van der Waals surface area (Å²) in [6, 6.07) is 15.5. The molecular formula is C21H22N2O3. The van der Waals surface area contributed by atoms with Crippen molar-refractivity contribution >= 4 is 23.2 Å². The SMILES string of the molecule is CC1Cc2ccccc2N1C(=O)COc1cccc(N2CCCC2=O)c1. The molecule has 2 aromatic carbocycles. The Hall–Kier alpha value is -2.82. The smallest absolute Gasteiger partial charge is 0.265 e. The average Bonchev–Trinajstić information content (AvgIpc) is 3.22. The standard InChI is InChI=1S/C21H22N2O3/c1-15-12-16-6-2-3-9-19(16)23(15)21(25)14-26-18-8-4-7-17(13-18)22-11-5-10-20(22)24/h2-4,6-9,13,15H,5,10-12,14H2,1H3. The zero-order chi connectivity index (χ0) is 18.1. The number of anilines is 2. The number of rotatable bonds is 4. The molecule has 2 aromatic rings. The van der Waals surface area contributed by atoms with E-state index in [0.717, 1.165) is 30.8 Å². The Kier molecular flexibility index (Phi) is 4.37. The van der Waals surface area contributed by atoms with Crippen molar-refractivity contribution in [3.8, 4) is 5.75 Å². The highest BCUT2D eigenvalue weighted by Crippen LogP contribution is 2.32. The molecule has 26 heavy (non-hydrogen) atoms. The summed E-state index contributed by atoms with van der Waals surface area (Å²) in [6.45, 7) is 2.77. The second-order valence-corrected chi connectivity index (χ2v) is 6.88. The fraction of sp³-hybridized carbons (Fsp3) is 0.333. The maximum atomic E-state index is 12.7. The second-order valence-electron chi connectivity index (χ2n) is 6.88. The van der Waals surface area contributed by atoms with Crippen molar-refractivity contribution in [3.05, 3.63) is 54.1 Å². The highest BCUT2D eigenvalue weighted by atomic mass is 16.5. The molecule has 0 radical (unpaired) electrons. The number of hydrogen-bond donors (Lipinski definition) is 0. The number of carbonyl (C=O) groups excluding carboxylic acids is 2. The minimum Gasteiger partial charge on any atom is -0.484 e. The van der Waals surface area contributed by atoms with E-state index >= 15 is 0 Å². The van der Waals surface area contributed by atoms with Crippen LogP contribution in [0.15, 0.2) is 48.5 Å². The number of carbonyl (C=O) groups is 2. The lowest BCUT2D eigenvalue weighted by Crippen LogP contribution is -2.39. The van der Waals surface area contributed by atoms with Crippen LogP contribution in [0.4, 0.5) is 11.4 Å². The van der Waals surface area contributed by atoms with Crippen LogP contribution in [0.5, 0.6) is 5.75 Å². The monoisotopic (exact) mass is 350 g/mol. The van der Waals surface area contributed by atoms with Crippen LogP contribution < -0.4 is 14.5 Å². The molecular weight excluding hydrogens is 328 g/mol. The van der Waals surface area contributed by atoms with Gasteiger partial charge in [-0.2, -0.15) is 0 Å². The van der Waals surface area contributed by atoms with Gasteiger partial charge < -0.3 is 14.5 Å². The molecule has 2 heterocycles. The van der Waals surface area contributed by atoms with Crippen molar-refractivity contribution in [2.45, 2.75) is 32.2 Å². The van der Waals surface area contributed by atoms with Crippen molar-refractivity contribution < 1.29 is 14.3 Å². The fourth-order valence-corrected chi connectivity index (χ4v) is 3.82. The third-order valence-corrected chi connectivity index (χ3v) is 5.04. The predicted molar refractivity (Wildman–Crippen MR) is 101 cm³/mol. The number of benzene rings is 2. The van der Waals surface area contributed by atoms with E-state index in [1.165, 1.54) is 5.56 Å². The van der Waals surface area contributed by atoms with E-state index in [1.54, 1.807) is 4.90 Å². The second kappa shape index (κ2) is 6.83. The van der Waals surface area contributed by atoms with Crippen LogP contribution in [-0.4, -0.2) is 31.0 Å². The maximum Gasteiger partial charge on any atom is 0.265 e. The van der Waals surface area contributed by atoms with Crippen LogP contribution in [0.25, 0.3) is 0 Å². The maximum absolute atomic E-state index is 12.7. The molecule has 1 unspecified atom stereocenters. The average molecular weight is 350 g/mol. The summed E-state index contributed by atoms with van der Waals surface area (Å²) >= 11 is 0. The van der Waals surface area contributed by atoms with Gasteiger partial charge in [0.25, 0.3) is 5.91 Å². The quantitative estimate of drug-likeness (QED) is 0.851. The van der Waals surface area contributed by atoms with Gasteiger partial charge >= 0.3 is 0 Å². The Morgan fingerprint density at radius 1 is 1.19 bits per heavy atom. The normalized spacial score (nSPS) is 19.0. The highest BCUT2D eigenvalue weighted by molar-refractivity contribution is 5.97. The first-order valence-electron chi connectivity index (χ1n) is 9.06. The predicted octanol–water partition coefficient (Wildman–Crippen LogP) is 3.17. The van der Waals surface area contributed by atoms with Crippen LogP contribution in [-0.2, 0) is 16.0 Å². The molecule has 2 aliphatic heterocycles. The first kappa shape index (κ1) is 16.6. The molecule has 0 N–H and O–H groups in total. The van der Waals surface area contributed by atoms with E-state index in [-0.39, 0.29) is 24.5 Å². The topological polar surface area (TPSA) is 49.9 Å². The number of nitrogens with zero attached hydrogens (tertiary/aromatic N) is 2. The molecule has 0 aliphatic carbocycles. The minimum atomic E-state index is -0.0508. The van der Waals surface area contributed by atoms with Crippen molar-refractivity contribution in [1.29, 1.82) is 0 Å². The van der Waals surface area contributed by atoms with Crippen molar-refractivity contribution in [2.75, 3.05) is 23.0 Å². The number of fused-ring (bicyclic) bond motifs is 1. The largest absolute Gasteiger partial charge is 0.484 e. The van der Waals surface area contributed by atoms with Crippen LogP contribution in [0, 0.1) is 0 Å². The van der Waals surface area contributed by atoms with E-state index < -0.39 is 0 Å². The highest BCUT2D eigenvalue weighted by Gasteiger charge is 2.30. The van der Waals surface area contributed by atoms with Crippen molar-refractivity contribution in [2.24, 2.45) is 0 Å². The van der Waals surface area contributed by atoms with Gasteiger partial charge in [-0.1, -0.05) is 24.3 Å². The van der Waals surface area contributed by atoms with Gasteiger partial charge in [-0.05, 0) is 43.5 Å². The lowest BCUT2D eigenvalue weighted by molar-refractivity contribution is -0.121. The number of amides is 2. The van der Waals surface area contributed by atoms with Gasteiger partial charge in [0.05, 0.1) is 0 Å². The Morgan fingerprint density at radius 3 is 2.85 bits per heavy atom. The number of hydrogen-bond acceptors (Lipinski definition) is 3. The molecule has 0 aromatic heterocycles. The summed E-state index contributed by atoms with van der Waals surface area (Å²) in [7, 11) is 0. The molecule has 1 saturated heterocycles. The summed E-state index contributed by atoms with van der Waals surface area (Å²) in [4.78, 5) is 28.2. The Labute approximate surface area is 153 Å². The first-order chi connectivity index (χ1) is 12.6. The lowest BCUT2D eigenvalue weighted by atomic mass is 10.1. The van der Waals surface area contributed by atoms with Crippen LogP contribution in [0.3, 0.4) is 0 Å². The van der Waals surface area contributed by atoms with Crippen molar-refractivity contribution in [3.63, 3.8) is 0 Å². The summed E-state index contributed by atoms with van der Waals surface area (Å²) in [5.41, 5.74) is 3.00. The Balaban J connectivity index is 1.44. The third-order valence-electron chi connectivity index (χ3n) is 5.04. The fourth-order valence-electron chi connectivity index (χ4n) is 3.82. The molecule has 2 amide bonds. The first-order valence-corrected chi connectivity index (χ1v) is 9.06. The summed E-state index contributed by atoms with van der Waals surface area (Å²) in [5.74, 6) is 0.696. The van der Waals surface area contributed by atoms with Crippen molar-refractivity contribution in [1.82, 2.24) is 0 Å². The molecule has 1 atom stereocenters. The van der Waals surface area contributed by atoms with E-state index in [0.29, 0.717) is 12.2 Å². The molecule has 0 bridgehead atoms. The molecule has 2 aliphatic rings. The van der Waals surface area contributed by atoms with Gasteiger partial charge in [0, 0.05) is 36.4 Å². The molecule has 0 spiro atoms. The van der Waals surface area contributed by atoms with Crippen LogP contribution in [0.2, 0.25) is 0 Å². The van der Waals surface area contributed by atoms with Crippen LogP contribution >= 0.6 is 0 Å². The summed E-state index contributed by atoms with van der Waals surface area (Å²) in [5, 5.41) is 0. The summed E-state index contributed by atoms with van der Waals surface area (Å²) in [6.07, 6.45) is 2.35. The van der Waals surface area contributed by atoms with Gasteiger partial charge in [-0.15, -0.1) is 0 Å². The van der Waals surface area contributed by atoms with E-state index in [2.05, 4.69) is 13.0 Å². The number of para-hydroxylation sites is 1. The number of ether oxygens (including phenoxy) is 1. The van der Waals surface area contributed by atoms with Gasteiger partial charge in [0.1, 0.15) is 5.75 Å². The lowest BCUT2D eigenvalue weighted by Gasteiger charge is -2.23. The molecule has 0 saturated carbocycles. The van der Waals surface area contributed by atoms with Crippen LogP contribution in [0.1, 0.15) is 25.3 Å². The minimum absolute atomic E-state index is 0.0178. The molecule has 5 heteroatoms. The van der Waals surface area contributed by atoms with E-state index in [1.807, 2.05) is 47.4 Å². The zero-order valence-corrected chi connectivity index (χ0v) is 14.9. The third kappa shape index (κ3) is 3.05. The van der Waals surface area contributed by atoms with E-state index in [9.17, 15) is 9.59 Å². The molecule has 5 nitrogen and oxygen atoms in total. The molecule has 1 fully saturated rings. The summed E-state index contributed by atoms with van der Waals surface area (Å²) < 4.78 is 5.75. The van der Waals surface area contributed by atoms with Gasteiger partial charge in [0.15, 0.2) is 6.61 Å². The van der Waals surface area contributed by atoms with Gasteiger partial charge in [-0.25, -0.2) is 0 Å². The van der Waals surface area contributed by atoms with Gasteiger partial charge in [0.2, 0.25) is 5.91 Å². The van der Waals surface area contributed by atoms with Gasteiger partial charge in [-0.3, -0.25) is 9.59 Å². The Bertz CT molecular complexity index is 849. The zero-order valence-electron chi connectivity index (χ0n) is 14.9. The van der Waals surface area contributed by atoms with E-state index in [4.69, 9.17) is 4.74 Å². The molecule has 134 valence electrons. The Morgan fingerprint density at radius 2 is 2.04 bits per heavy atom.